The van der Waals surface area contributed by atoms with Gasteiger partial charge in [-0.25, -0.2) is 0 Å². The van der Waals surface area contributed by atoms with Gasteiger partial charge in [-0.1, -0.05) is 30.3 Å². The van der Waals surface area contributed by atoms with Crippen LogP contribution in [0.1, 0.15) is 22.0 Å². The molecule has 0 spiro atoms. The summed E-state index contributed by atoms with van der Waals surface area (Å²) >= 11 is 0. The van der Waals surface area contributed by atoms with E-state index in [0.717, 1.165) is 0 Å². The van der Waals surface area contributed by atoms with Crippen LogP contribution in [0.15, 0.2) is 48.5 Å². The second kappa shape index (κ2) is 5.54. The summed E-state index contributed by atoms with van der Waals surface area (Å²) in [7, 11) is 1.47. The Bertz CT molecular complexity index is 578. The molecule has 0 saturated carbocycles. The largest absolute Gasteiger partial charge is 0.507 e. The number of ether oxygens (including phenoxy) is 1. The lowest BCUT2D eigenvalue weighted by Gasteiger charge is -2.11. The van der Waals surface area contributed by atoms with E-state index in [4.69, 9.17) is 4.74 Å². The molecule has 0 aliphatic carbocycles. The van der Waals surface area contributed by atoms with Crippen molar-refractivity contribution in [2.24, 2.45) is 0 Å². The number of aliphatic hydroxyl groups is 1. The molecular weight excluding hydrogens is 244 g/mol. The van der Waals surface area contributed by atoms with Gasteiger partial charge in [0.25, 0.3) is 0 Å². The lowest BCUT2D eigenvalue weighted by molar-refractivity contribution is 0.0744. The van der Waals surface area contributed by atoms with Crippen LogP contribution in [-0.4, -0.2) is 23.1 Å². The lowest BCUT2D eigenvalue weighted by Crippen LogP contribution is -2.12. The average Bonchev–Trinajstić information content (AvgIpc) is 2.46. The number of phenolic OH excluding ortho intramolecular Hbond substituents is 1. The van der Waals surface area contributed by atoms with Gasteiger partial charge in [0.15, 0.2) is 5.78 Å². The Labute approximate surface area is 110 Å². The third-order valence-corrected chi connectivity index (χ3v) is 2.83. The highest BCUT2D eigenvalue weighted by Crippen LogP contribution is 2.27. The molecule has 0 amide bonds. The lowest BCUT2D eigenvalue weighted by atomic mass is 9.99. The standard InChI is InChI=1S/C15H14O4/c1-19-11-7-8-12(13(16)9-11)15(18)14(17)10-5-3-2-4-6-10/h2-9,14,16-17H,1H3. The smallest absolute Gasteiger partial charge is 0.199 e. The van der Waals surface area contributed by atoms with Gasteiger partial charge in [-0.15, -0.1) is 0 Å². The van der Waals surface area contributed by atoms with E-state index in [0.29, 0.717) is 11.3 Å². The summed E-state index contributed by atoms with van der Waals surface area (Å²) in [6.07, 6.45) is -1.29. The maximum Gasteiger partial charge on any atom is 0.199 e. The summed E-state index contributed by atoms with van der Waals surface area (Å²) < 4.78 is 4.94. The van der Waals surface area contributed by atoms with E-state index in [1.165, 1.54) is 19.2 Å². The first-order valence-electron chi connectivity index (χ1n) is 5.77. The minimum Gasteiger partial charge on any atom is -0.507 e. The first-order chi connectivity index (χ1) is 9.13. The van der Waals surface area contributed by atoms with Gasteiger partial charge in [0, 0.05) is 6.07 Å². The topological polar surface area (TPSA) is 66.8 Å². The third kappa shape index (κ3) is 2.74. The zero-order valence-electron chi connectivity index (χ0n) is 10.4. The summed E-state index contributed by atoms with van der Waals surface area (Å²) in [6, 6.07) is 12.9. The number of Topliss-reactive ketones (excluding diaryl/α,β-unsaturated/α-hetero) is 1. The number of hydrogen-bond donors (Lipinski definition) is 2. The van der Waals surface area contributed by atoms with E-state index in [1.54, 1.807) is 36.4 Å². The van der Waals surface area contributed by atoms with Crippen molar-refractivity contribution in [1.29, 1.82) is 0 Å². The second-order valence-electron chi connectivity index (χ2n) is 4.06. The second-order valence-corrected chi connectivity index (χ2v) is 4.06. The third-order valence-electron chi connectivity index (χ3n) is 2.83. The van der Waals surface area contributed by atoms with E-state index in [2.05, 4.69) is 0 Å². The van der Waals surface area contributed by atoms with Crippen LogP contribution in [0.25, 0.3) is 0 Å². The van der Waals surface area contributed by atoms with Gasteiger partial charge in [0.2, 0.25) is 0 Å². The molecule has 1 atom stereocenters. The van der Waals surface area contributed by atoms with Crippen LogP contribution >= 0.6 is 0 Å². The van der Waals surface area contributed by atoms with Gasteiger partial charge in [-0.2, -0.15) is 0 Å². The van der Waals surface area contributed by atoms with Crippen molar-refractivity contribution in [3.8, 4) is 11.5 Å². The van der Waals surface area contributed by atoms with Crippen molar-refractivity contribution in [3.63, 3.8) is 0 Å². The average molecular weight is 258 g/mol. The SMILES string of the molecule is COc1ccc(C(=O)C(O)c2ccccc2)c(O)c1. The Balaban J connectivity index is 2.29. The van der Waals surface area contributed by atoms with Gasteiger partial charge in [0.1, 0.15) is 17.6 Å². The molecule has 0 aliphatic rings. The number of rotatable bonds is 4. The molecule has 2 rings (SSSR count). The van der Waals surface area contributed by atoms with Gasteiger partial charge in [-0.05, 0) is 17.7 Å². The maximum atomic E-state index is 12.1. The predicted octanol–water partition coefficient (Wildman–Crippen LogP) is 2.32. The molecule has 2 aromatic rings. The monoisotopic (exact) mass is 258 g/mol. The van der Waals surface area contributed by atoms with Crippen LogP contribution in [0.2, 0.25) is 0 Å². The van der Waals surface area contributed by atoms with E-state index in [-0.39, 0.29) is 11.3 Å². The summed E-state index contributed by atoms with van der Waals surface area (Å²) in [5, 5.41) is 19.8. The highest BCUT2D eigenvalue weighted by atomic mass is 16.5. The molecule has 4 nitrogen and oxygen atoms in total. The summed E-state index contributed by atoms with van der Waals surface area (Å²) in [6.45, 7) is 0. The highest BCUT2D eigenvalue weighted by Gasteiger charge is 2.21. The molecule has 2 aromatic carbocycles. The Kier molecular flexibility index (Phi) is 3.82. The van der Waals surface area contributed by atoms with Crippen LogP contribution in [0, 0.1) is 0 Å². The molecule has 0 bridgehead atoms. The van der Waals surface area contributed by atoms with Gasteiger partial charge < -0.3 is 14.9 Å². The molecule has 0 fully saturated rings. The molecule has 1 unspecified atom stereocenters. The molecule has 0 aliphatic heterocycles. The number of methoxy groups -OCH3 is 1. The molecule has 0 radical (unpaired) electrons. The van der Waals surface area contributed by atoms with Crippen LogP contribution in [0.3, 0.4) is 0 Å². The van der Waals surface area contributed by atoms with Crippen molar-refractivity contribution in [1.82, 2.24) is 0 Å². The minimum absolute atomic E-state index is 0.0668. The number of aliphatic hydroxyl groups excluding tert-OH is 1. The normalized spacial score (nSPS) is 11.9. The summed E-state index contributed by atoms with van der Waals surface area (Å²) in [5.74, 6) is -0.311. The Morgan fingerprint density at radius 3 is 2.42 bits per heavy atom. The molecule has 4 heteroatoms. The fourth-order valence-corrected chi connectivity index (χ4v) is 1.78. The minimum atomic E-state index is -1.29. The Hall–Kier alpha value is -2.33. The number of carbonyl (C=O) groups excluding carboxylic acids is 1. The van der Waals surface area contributed by atoms with E-state index in [9.17, 15) is 15.0 Å². The summed E-state index contributed by atoms with van der Waals surface area (Å²) in [4.78, 5) is 12.1. The number of aromatic hydroxyl groups is 1. The first-order valence-corrected chi connectivity index (χ1v) is 5.77. The van der Waals surface area contributed by atoms with Crippen molar-refractivity contribution in [3.05, 3.63) is 59.7 Å². The quantitative estimate of drug-likeness (QED) is 0.826. The van der Waals surface area contributed by atoms with Crippen LogP contribution in [-0.2, 0) is 0 Å². The fraction of sp³-hybridized carbons (Fsp3) is 0.133. The predicted molar refractivity (Wildman–Crippen MR) is 70.4 cm³/mol. The number of hydrogen-bond acceptors (Lipinski definition) is 4. The fourth-order valence-electron chi connectivity index (χ4n) is 1.78. The molecule has 0 heterocycles. The van der Waals surface area contributed by atoms with Gasteiger partial charge in [0.05, 0.1) is 12.7 Å². The number of benzene rings is 2. The summed E-state index contributed by atoms with van der Waals surface area (Å²) in [5.41, 5.74) is 0.555. The first kappa shape index (κ1) is 13.1. The molecule has 98 valence electrons. The Morgan fingerprint density at radius 1 is 1.16 bits per heavy atom. The molecule has 2 N–H and O–H groups in total. The van der Waals surface area contributed by atoms with Crippen molar-refractivity contribution >= 4 is 5.78 Å². The zero-order valence-corrected chi connectivity index (χ0v) is 10.4. The van der Waals surface area contributed by atoms with Crippen LogP contribution < -0.4 is 4.74 Å². The van der Waals surface area contributed by atoms with Crippen LogP contribution in [0.5, 0.6) is 11.5 Å². The molecule has 0 saturated heterocycles. The number of ketones is 1. The molecule has 0 aromatic heterocycles. The van der Waals surface area contributed by atoms with E-state index in [1.807, 2.05) is 0 Å². The zero-order chi connectivity index (χ0) is 13.8. The van der Waals surface area contributed by atoms with Crippen molar-refractivity contribution < 1.29 is 19.7 Å². The number of phenols is 1. The maximum absolute atomic E-state index is 12.1. The van der Waals surface area contributed by atoms with Gasteiger partial charge >= 0.3 is 0 Å². The van der Waals surface area contributed by atoms with E-state index < -0.39 is 11.9 Å². The van der Waals surface area contributed by atoms with Crippen molar-refractivity contribution in [2.75, 3.05) is 7.11 Å². The van der Waals surface area contributed by atoms with Crippen molar-refractivity contribution in [2.45, 2.75) is 6.10 Å². The number of carbonyl (C=O) groups is 1. The highest BCUT2D eigenvalue weighted by molar-refractivity contribution is 6.02. The van der Waals surface area contributed by atoms with E-state index >= 15 is 0 Å². The molecular formula is C15H14O4. The van der Waals surface area contributed by atoms with Crippen LogP contribution in [0.4, 0.5) is 0 Å². The molecule has 19 heavy (non-hydrogen) atoms. The van der Waals surface area contributed by atoms with Gasteiger partial charge in [-0.3, -0.25) is 4.79 Å². The Morgan fingerprint density at radius 2 is 1.84 bits per heavy atom.